The molecule has 0 aliphatic carbocycles. The zero-order valence-electron chi connectivity index (χ0n) is 11.2. The van der Waals surface area contributed by atoms with Crippen molar-refractivity contribution in [2.45, 2.75) is 0 Å². The summed E-state index contributed by atoms with van der Waals surface area (Å²) in [6, 6.07) is 11.1. The van der Waals surface area contributed by atoms with Gasteiger partial charge in [0.25, 0.3) is 0 Å². The Morgan fingerprint density at radius 3 is 3.05 bits per heavy atom. The molecule has 6 nitrogen and oxygen atoms in total. The highest BCUT2D eigenvalue weighted by molar-refractivity contribution is 7.14. The lowest BCUT2D eigenvalue weighted by Crippen LogP contribution is -1.92. The summed E-state index contributed by atoms with van der Waals surface area (Å²) in [5.74, 6) is 0.290. The zero-order valence-corrected chi connectivity index (χ0v) is 12.1. The summed E-state index contributed by atoms with van der Waals surface area (Å²) in [7, 11) is 0. The van der Waals surface area contributed by atoms with Gasteiger partial charge in [-0.1, -0.05) is 12.1 Å². The summed E-state index contributed by atoms with van der Waals surface area (Å²) in [5, 5.41) is 5.85. The van der Waals surface area contributed by atoms with Crippen molar-refractivity contribution in [2.24, 2.45) is 0 Å². The fourth-order valence-electron chi connectivity index (χ4n) is 2.11. The van der Waals surface area contributed by atoms with Crippen molar-refractivity contribution < 1.29 is 4.42 Å². The topological polar surface area (TPSA) is 83.8 Å². The first-order valence-corrected chi connectivity index (χ1v) is 7.43. The molecule has 0 saturated heterocycles. The summed E-state index contributed by atoms with van der Waals surface area (Å²) < 4.78 is 5.07. The van der Waals surface area contributed by atoms with Gasteiger partial charge in [0.1, 0.15) is 5.82 Å². The monoisotopic (exact) mass is 310 g/mol. The molecule has 0 bridgehead atoms. The number of nitrogens with one attached hydrogen (secondary N) is 2. The van der Waals surface area contributed by atoms with Crippen molar-refractivity contribution in [3.8, 4) is 11.3 Å². The van der Waals surface area contributed by atoms with Crippen LogP contribution in [0.3, 0.4) is 0 Å². The molecule has 0 saturated carbocycles. The van der Waals surface area contributed by atoms with Gasteiger partial charge in [0, 0.05) is 17.1 Å². The van der Waals surface area contributed by atoms with Crippen molar-refractivity contribution >= 4 is 33.4 Å². The predicted molar refractivity (Wildman–Crippen MR) is 85.5 cm³/mol. The van der Waals surface area contributed by atoms with Gasteiger partial charge in [-0.15, -0.1) is 11.3 Å². The third-order valence-electron chi connectivity index (χ3n) is 3.12. The molecule has 7 heteroatoms. The lowest BCUT2D eigenvalue weighted by molar-refractivity contribution is 0.555. The highest BCUT2D eigenvalue weighted by Crippen LogP contribution is 2.28. The van der Waals surface area contributed by atoms with Gasteiger partial charge in [-0.3, -0.25) is 4.98 Å². The van der Waals surface area contributed by atoms with Crippen LogP contribution in [0, 0.1) is 0 Å². The Bertz CT molecular complexity index is 987. The maximum Gasteiger partial charge on any atom is 0.417 e. The van der Waals surface area contributed by atoms with Gasteiger partial charge < -0.3 is 9.73 Å². The van der Waals surface area contributed by atoms with Crippen LogP contribution in [0.2, 0.25) is 0 Å². The van der Waals surface area contributed by atoms with Gasteiger partial charge in [-0.25, -0.2) is 14.8 Å². The van der Waals surface area contributed by atoms with E-state index in [2.05, 4.69) is 20.3 Å². The number of benzene rings is 1. The first-order valence-electron chi connectivity index (χ1n) is 6.55. The van der Waals surface area contributed by atoms with Gasteiger partial charge in [-0.2, -0.15) is 0 Å². The Kier molecular flexibility index (Phi) is 2.97. The fourth-order valence-corrected chi connectivity index (χ4v) is 2.84. The number of oxazole rings is 1. The Morgan fingerprint density at radius 2 is 2.18 bits per heavy atom. The number of hydrogen-bond donors (Lipinski definition) is 2. The maximum absolute atomic E-state index is 11.2. The Balaban J connectivity index is 1.66. The van der Waals surface area contributed by atoms with Crippen molar-refractivity contribution in [3.05, 3.63) is 58.5 Å². The van der Waals surface area contributed by atoms with E-state index in [1.807, 2.05) is 29.6 Å². The summed E-state index contributed by atoms with van der Waals surface area (Å²) in [6.45, 7) is 0. The highest BCUT2D eigenvalue weighted by atomic mass is 32.1. The van der Waals surface area contributed by atoms with Crippen molar-refractivity contribution in [1.29, 1.82) is 0 Å². The lowest BCUT2D eigenvalue weighted by Gasteiger charge is -1.99. The zero-order chi connectivity index (χ0) is 14.9. The molecular weight excluding hydrogens is 300 g/mol. The smallest absolute Gasteiger partial charge is 0.408 e. The quantitative estimate of drug-likeness (QED) is 0.606. The van der Waals surface area contributed by atoms with E-state index in [-0.39, 0.29) is 0 Å². The van der Waals surface area contributed by atoms with E-state index in [1.165, 1.54) is 11.3 Å². The largest absolute Gasteiger partial charge is 0.417 e. The van der Waals surface area contributed by atoms with Crippen LogP contribution in [0.4, 0.5) is 10.9 Å². The van der Waals surface area contributed by atoms with E-state index < -0.39 is 5.76 Å². The minimum atomic E-state index is -0.456. The second-order valence-corrected chi connectivity index (χ2v) is 5.46. The van der Waals surface area contributed by atoms with Crippen LogP contribution in [-0.2, 0) is 0 Å². The Labute approximate surface area is 128 Å². The molecule has 4 rings (SSSR count). The summed E-state index contributed by atoms with van der Waals surface area (Å²) >= 11 is 1.49. The van der Waals surface area contributed by atoms with E-state index in [0.717, 1.165) is 22.2 Å². The summed E-state index contributed by atoms with van der Waals surface area (Å²) in [5.41, 5.74) is 2.90. The van der Waals surface area contributed by atoms with Crippen LogP contribution in [0.1, 0.15) is 0 Å². The molecule has 0 fully saturated rings. The molecule has 0 atom stereocenters. The fraction of sp³-hybridized carbons (Fsp3) is 0. The summed E-state index contributed by atoms with van der Waals surface area (Å²) in [6.07, 6.45) is 1.72. The molecular formula is C15H10N4O2S. The molecule has 22 heavy (non-hydrogen) atoms. The van der Waals surface area contributed by atoms with Gasteiger partial charge in [0.15, 0.2) is 10.7 Å². The second-order valence-electron chi connectivity index (χ2n) is 4.60. The molecule has 2 N–H and O–H groups in total. The standard InChI is InChI=1S/C15H10N4O2S/c20-15-18-10-5-4-9(7-12(10)21-15)11-8-22-14(17-11)19-13-3-1-2-6-16-13/h1-8H,(H,18,20)(H,16,17,19). The molecule has 3 aromatic heterocycles. The third-order valence-corrected chi connectivity index (χ3v) is 3.88. The van der Waals surface area contributed by atoms with Crippen LogP contribution in [0.15, 0.2) is 57.2 Å². The number of rotatable bonds is 3. The number of nitrogens with zero attached hydrogens (tertiary/aromatic N) is 2. The number of anilines is 2. The number of hydrogen-bond acceptors (Lipinski definition) is 6. The molecule has 4 aromatic rings. The predicted octanol–water partition coefficient (Wildman–Crippen LogP) is 3.38. The van der Waals surface area contributed by atoms with Crippen LogP contribution < -0.4 is 11.1 Å². The molecule has 1 aromatic carbocycles. The Morgan fingerprint density at radius 1 is 1.23 bits per heavy atom. The SMILES string of the molecule is O=c1[nH]c2ccc(-c3csc(Nc4ccccn4)n3)cc2o1. The average molecular weight is 310 g/mol. The number of thiazole rings is 1. The first kappa shape index (κ1) is 12.8. The number of aromatic amines is 1. The third kappa shape index (κ3) is 2.38. The molecule has 3 heterocycles. The van der Waals surface area contributed by atoms with Gasteiger partial charge >= 0.3 is 5.76 Å². The van der Waals surface area contributed by atoms with E-state index >= 15 is 0 Å². The van der Waals surface area contributed by atoms with E-state index in [0.29, 0.717) is 11.1 Å². The molecule has 0 aliphatic rings. The molecule has 0 spiro atoms. The molecule has 108 valence electrons. The molecule has 0 unspecified atom stereocenters. The van der Waals surface area contributed by atoms with Crippen molar-refractivity contribution in [2.75, 3.05) is 5.32 Å². The van der Waals surface area contributed by atoms with Crippen LogP contribution in [-0.4, -0.2) is 15.0 Å². The van der Waals surface area contributed by atoms with Crippen LogP contribution in [0.25, 0.3) is 22.4 Å². The number of fused-ring (bicyclic) bond motifs is 1. The number of H-pyrrole nitrogens is 1. The van der Waals surface area contributed by atoms with Crippen LogP contribution >= 0.6 is 11.3 Å². The molecule has 0 aliphatic heterocycles. The maximum atomic E-state index is 11.2. The Hall–Kier alpha value is -2.93. The van der Waals surface area contributed by atoms with Gasteiger partial charge in [0.2, 0.25) is 0 Å². The average Bonchev–Trinajstić information content (AvgIpc) is 3.13. The van der Waals surface area contributed by atoms with Gasteiger partial charge in [-0.05, 0) is 24.3 Å². The van der Waals surface area contributed by atoms with Crippen LogP contribution in [0.5, 0.6) is 0 Å². The second kappa shape index (κ2) is 5.12. The van der Waals surface area contributed by atoms with Crippen molar-refractivity contribution in [1.82, 2.24) is 15.0 Å². The summed E-state index contributed by atoms with van der Waals surface area (Å²) in [4.78, 5) is 22.5. The number of pyridine rings is 1. The lowest BCUT2D eigenvalue weighted by atomic mass is 10.1. The van der Waals surface area contributed by atoms with E-state index in [4.69, 9.17) is 4.42 Å². The normalized spacial score (nSPS) is 10.9. The van der Waals surface area contributed by atoms with Crippen molar-refractivity contribution in [3.63, 3.8) is 0 Å². The van der Waals surface area contributed by atoms with E-state index in [9.17, 15) is 4.79 Å². The van der Waals surface area contributed by atoms with E-state index in [1.54, 1.807) is 18.3 Å². The minimum Gasteiger partial charge on any atom is -0.408 e. The molecule has 0 amide bonds. The minimum absolute atomic E-state index is 0.456. The molecule has 0 radical (unpaired) electrons. The highest BCUT2D eigenvalue weighted by Gasteiger charge is 2.08. The van der Waals surface area contributed by atoms with Gasteiger partial charge in [0.05, 0.1) is 11.2 Å². The number of aromatic nitrogens is 3. The first-order chi connectivity index (χ1) is 10.8.